The lowest BCUT2D eigenvalue weighted by molar-refractivity contribution is 0.0533. The molecular formula is C19H13ClF2N4OS. The molecule has 0 amide bonds. The number of thiazole rings is 1. The maximum Gasteiger partial charge on any atom is 0.163 e. The molecule has 0 bridgehead atoms. The highest BCUT2D eigenvalue weighted by Gasteiger charge is 2.38. The van der Waals surface area contributed by atoms with Gasteiger partial charge in [-0.25, -0.2) is 23.4 Å². The van der Waals surface area contributed by atoms with E-state index in [4.69, 9.17) is 11.6 Å². The molecule has 142 valence electrons. The van der Waals surface area contributed by atoms with E-state index in [1.165, 1.54) is 34.7 Å². The highest BCUT2D eigenvalue weighted by Crippen LogP contribution is 2.37. The van der Waals surface area contributed by atoms with Gasteiger partial charge in [0, 0.05) is 27.6 Å². The van der Waals surface area contributed by atoms with Gasteiger partial charge in [-0.3, -0.25) is 0 Å². The van der Waals surface area contributed by atoms with Crippen molar-refractivity contribution in [2.75, 3.05) is 0 Å². The second-order valence-electron chi connectivity index (χ2n) is 6.12. The van der Waals surface area contributed by atoms with E-state index in [-0.39, 0.29) is 17.1 Å². The minimum absolute atomic E-state index is 0.0959. The summed E-state index contributed by atoms with van der Waals surface area (Å²) >= 11 is 7.09. The molecule has 0 aliphatic rings. The summed E-state index contributed by atoms with van der Waals surface area (Å²) < 4.78 is 29.3. The maximum absolute atomic E-state index is 14.6. The van der Waals surface area contributed by atoms with Crippen LogP contribution in [0.25, 0.3) is 11.3 Å². The van der Waals surface area contributed by atoms with Gasteiger partial charge in [0.25, 0.3) is 0 Å². The molecule has 0 aliphatic carbocycles. The topological polar surface area (TPSA) is 63.8 Å². The fourth-order valence-corrected chi connectivity index (χ4v) is 3.92. The molecule has 1 atom stereocenters. The molecule has 0 radical (unpaired) electrons. The van der Waals surface area contributed by atoms with Gasteiger partial charge in [0.05, 0.1) is 12.2 Å². The van der Waals surface area contributed by atoms with E-state index in [1.807, 2.05) is 0 Å². The summed E-state index contributed by atoms with van der Waals surface area (Å²) in [5.41, 5.74) is -0.548. The van der Waals surface area contributed by atoms with Gasteiger partial charge in [-0.15, -0.1) is 11.3 Å². The van der Waals surface area contributed by atoms with E-state index >= 15 is 0 Å². The van der Waals surface area contributed by atoms with Gasteiger partial charge < -0.3 is 5.11 Å². The summed E-state index contributed by atoms with van der Waals surface area (Å²) in [4.78, 5) is 8.35. The summed E-state index contributed by atoms with van der Waals surface area (Å²) in [6, 6.07) is 10.1. The third-order valence-electron chi connectivity index (χ3n) is 4.23. The summed E-state index contributed by atoms with van der Waals surface area (Å²) in [5.74, 6) is -1.60. The lowest BCUT2D eigenvalue weighted by Gasteiger charge is -2.26. The normalized spacial score (nSPS) is 13.4. The average Bonchev–Trinajstić information content (AvgIpc) is 3.34. The van der Waals surface area contributed by atoms with Crippen LogP contribution in [-0.2, 0) is 12.1 Å². The molecule has 1 N–H and O–H groups in total. The molecule has 2 aromatic heterocycles. The van der Waals surface area contributed by atoms with Crippen molar-refractivity contribution in [3.05, 3.63) is 87.7 Å². The van der Waals surface area contributed by atoms with Gasteiger partial charge in [-0.1, -0.05) is 23.7 Å². The van der Waals surface area contributed by atoms with Crippen LogP contribution in [0.1, 0.15) is 10.6 Å². The molecule has 28 heavy (non-hydrogen) atoms. The number of rotatable bonds is 5. The summed E-state index contributed by atoms with van der Waals surface area (Å²) in [5, 5.41) is 18.1. The monoisotopic (exact) mass is 418 g/mol. The van der Waals surface area contributed by atoms with Gasteiger partial charge in [-0.2, -0.15) is 5.10 Å². The fourth-order valence-electron chi connectivity index (χ4n) is 2.86. The number of benzene rings is 2. The van der Waals surface area contributed by atoms with Crippen molar-refractivity contribution < 1.29 is 13.9 Å². The predicted molar refractivity (Wildman–Crippen MR) is 102 cm³/mol. The van der Waals surface area contributed by atoms with Crippen molar-refractivity contribution in [2.24, 2.45) is 0 Å². The molecule has 0 saturated carbocycles. The Labute approximate surface area is 167 Å². The molecule has 1 unspecified atom stereocenters. The molecule has 9 heteroatoms. The van der Waals surface area contributed by atoms with E-state index < -0.39 is 17.2 Å². The summed E-state index contributed by atoms with van der Waals surface area (Å²) in [6.07, 6.45) is 2.71. The highest BCUT2D eigenvalue weighted by atomic mass is 35.5. The van der Waals surface area contributed by atoms with Crippen molar-refractivity contribution in [1.82, 2.24) is 19.7 Å². The van der Waals surface area contributed by atoms with Gasteiger partial charge in [0.2, 0.25) is 0 Å². The molecule has 5 nitrogen and oxygen atoms in total. The molecule has 0 aliphatic heterocycles. The number of hydrogen-bond donors (Lipinski definition) is 1. The van der Waals surface area contributed by atoms with Crippen LogP contribution in [0, 0.1) is 11.6 Å². The lowest BCUT2D eigenvalue weighted by atomic mass is 9.93. The standard InChI is InChI=1S/C19H13ClF2N4OS/c20-13-3-1-12(2-4-13)17-8-28-18(25-17)19(27,9-26-11-23-10-24-26)15-6-5-14(21)7-16(15)22/h1-8,10-11,27H,9H2. The average molecular weight is 419 g/mol. The Bertz CT molecular complexity index is 1100. The van der Waals surface area contributed by atoms with Crippen LogP contribution in [0.2, 0.25) is 5.02 Å². The first-order chi connectivity index (χ1) is 13.5. The van der Waals surface area contributed by atoms with Crippen LogP contribution in [0.4, 0.5) is 8.78 Å². The Morgan fingerprint density at radius 3 is 2.61 bits per heavy atom. The van der Waals surface area contributed by atoms with Crippen LogP contribution in [0.3, 0.4) is 0 Å². The number of halogens is 3. The Morgan fingerprint density at radius 1 is 1.14 bits per heavy atom. The minimum atomic E-state index is -1.86. The van der Waals surface area contributed by atoms with Crippen LogP contribution in [-0.4, -0.2) is 24.9 Å². The molecule has 2 aromatic carbocycles. The Hall–Kier alpha value is -2.68. The predicted octanol–water partition coefficient (Wildman–Crippen LogP) is 4.27. The zero-order valence-corrected chi connectivity index (χ0v) is 15.8. The summed E-state index contributed by atoms with van der Waals surface area (Å²) in [7, 11) is 0. The second kappa shape index (κ2) is 7.38. The number of nitrogens with zero attached hydrogens (tertiary/aromatic N) is 4. The van der Waals surface area contributed by atoms with Crippen molar-refractivity contribution in [3.63, 3.8) is 0 Å². The van der Waals surface area contributed by atoms with Crippen molar-refractivity contribution in [1.29, 1.82) is 0 Å². The third kappa shape index (κ3) is 3.54. The first-order valence-electron chi connectivity index (χ1n) is 8.18. The molecule has 4 rings (SSSR count). The number of aliphatic hydroxyl groups is 1. The van der Waals surface area contributed by atoms with Crippen molar-refractivity contribution in [3.8, 4) is 11.3 Å². The Balaban J connectivity index is 1.80. The first-order valence-corrected chi connectivity index (χ1v) is 9.44. The van der Waals surface area contributed by atoms with Crippen LogP contribution in [0.15, 0.2) is 60.5 Å². The van der Waals surface area contributed by atoms with Crippen molar-refractivity contribution >= 4 is 22.9 Å². The van der Waals surface area contributed by atoms with Gasteiger partial charge in [0.15, 0.2) is 5.60 Å². The largest absolute Gasteiger partial charge is 0.376 e. The van der Waals surface area contributed by atoms with Crippen LogP contribution in [0.5, 0.6) is 0 Å². The number of aromatic nitrogens is 4. The molecule has 4 aromatic rings. The third-order valence-corrected chi connectivity index (χ3v) is 5.48. The molecule has 0 spiro atoms. The summed E-state index contributed by atoms with van der Waals surface area (Å²) in [6.45, 7) is -0.136. The van der Waals surface area contributed by atoms with Crippen molar-refractivity contribution in [2.45, 2.75) is 12.1 Å². The smallest absolute Gasteiger partial charge is 0.163 e. The molecular weight excluding hydrogens is 406 g/mol. The fraction of sp³-hybridized carbons (Fsp3) is 0.105. The SMILES string of the molecule is OC(Cn1cncn1)(c1nc(-c2ccc(Cl)cc2)cs1)c1ccc(F)cc1F. The molecule has 2 heterocycles. The van der Waals surface area contributed by atoms with Crippen LogP contribution < -0.4 is 0 Å². The first kappa shape index (κ1) is 18.7. The van der Waals surface area contributed by atoms with Gasteiger partial charge in [0.1, 0.15) is 29.3 Å². The second-order valence-corrected chi connectivity index (χ2v) is 7.42. The maximum atomic E-state index is 14.6. The Morgan fingerprint density at radius 2 is 1.93 bits per heavy atom. The van der Waals surface area contributed by atoms with E-state index in [0.29, 0.717) is 10.7 Å². The molecule has 0 saturated heterocycles. The molecule has 0 fully saturated rings. The van der Waals surface area contributed by atoms with E-state index in [9.17, 15) is 13.9 Å². The minimum Gasteiger partial charge on any atom is -0.376 e. The quantitative estimate of drug-likeness (QED) is 0.525. The zero-order valence-electron chi connectivity index (χ0n) is 14.3. The van der Waals surface area contributed by atoms with Crippen LogP contribution >= 0.6 is 22.9 Å². The highest BCUT2D eigenvalue weighted by molar-refractivity contribution is 7.10. The van der Waals surface area contributed by atoms with Gasteiger partial charge in [-0.05, 0) is 24.3 Å². The zero-order chi connectivity index (χ0) is 19.7. The lowest BCUT2D eigenvalue weighted by Crippen LogP contribution is -2.34. The van der Waals surface area contributed by atoms with E-state index in [1.54, 1.807) is 29.6 Å². The van der Waals surface area contributed by atoms with E-state index in [0.717, 1.165) is 17.7 Å². The number of hydrogen-bond acceptors (Lipinski definition) is 5. The van der Waals surface area contributed by atoms with E-state index in [2.05, 4.69) is 15.1 Å². The van der Waals surface area contributed by atoms with Gasteiger partial charge >= 0.3 is 0 Å². The Kier molecular flexibility index (Phi) is 4.92.